The normalized spacial score (nSPS) is 18.1. The van der Waals surface area contributed by atoms with Crippen molar-refractivity contribution in [1.82, 2.24) is 4.72 Å². The molecule has 3 nitrogen and oxygen atoms in total. The lowest BCUT2D eigenvalue weighted by Gasteiger charge is -2.23. The first-order valence-electron chi connectivity index (χ1n) is 7.48. The molecular formula is C17H21NO2S. The molecule has 4 heteroatoms. The summed E-state index contributed by atoms with van der Waals surface area (Å²) >= 11 is 0. The second-order valence-corrected chi connectivity index (χ2v) is 8.05. The molecule has 2 aromatic carbocycles. The second-order valence-electron chi connectivity index (χ2n) is 6.32. The highest BCUT2D eigenvalue weighted by Crippen LogP contribution is 2.37. The molecule has 0 aliphatic heterocycles. The summed E-state index contributed by atoms with van der Waals surface area (Å²) in [6.07, 6.45) is 4.61. The van der Waals surface area contributed by atoms with Gasteiger partial charge in [0, 0.05) is 11.9 Å². The SMILES string of the molecule is CC1(CNS(=O)(=O)c2cccc3ccccc23)CCCC1. The predicted octanol–water partition coefficient (Wildman–Crippen LogP) is 3.70. The first-order chi connectivity index (χ1) is 10.0. The van der Waals surface area contributed by atoms with E-state index in [0.717, 1.165) is 23.6 Å². The fourth-order valence-corrected chi connectivity index (χ4v) is 4.61. The number of rotatable bonds is 4. The van der Waals surface area contributed by atoms with Crippen LogP contribution in [0.4, 0.5) is 0 Å². The van der Waals surface area contributed by atoms with Crippen LogP contribution in [0.15, 0.2) is 47.4 Å². The van der Waals surface area contributed by atoms with Crippen molar-refractivity contribution in [3.63, 3.8) is 0 Å². The molecule has 2 aromatic rings. The van der Waals surface area contributed by atoms with Gasteiger partial charge < -0.3 is 0 Å². The summed E-state index contributed by atoms with van der Waals surface area (Å²) in [5.74, 6) is 0. The molecule has 1 N–H and O–H groups in total. The van der Waals surface area contributed by atoms with E-state index in [1.807, 2.05) is 30.3 Å². The highest BCUT2D eigenvalue weighted by molar-refractivity contribution is 7.89. The molecular weight excluding hydrogens is 282 g/mol. The van der Waals surface area contributed by atoms with Crippen molar-refractivity contribution >= 4 is 20.8 Å². The molecule has 0 heterocycles. The van der Waals surface area contributed by atoms with Crippen molar-refractivity contribution in [2.75, 3.05) is 6.54 Å². The third-order valence-electron chi connectivity index (χ3n) is 4.54. The number of hydrogen-bond donors (Lipinski definition) is 1. The van der Waals surface area contributed by atoms with Gasteiger partial charge in [-0.1, -0.05) is 56.2 Å². The molecule has 1 aliphatic rings. The summed E-state index contributed by atoms with van der Waals surface area (Å²) in [6, 6.07) is 13.0. The number of benzene rings is 2. The summed E-state index contributed by atoms with van der Waals surface area (Å²) in [5, 5.41) is 1.73. The Balaban J connectivity index is 1.90. The van der Waals surface area contributed by atoms with Crippen LogP contribution >= 0.6 is 0 Å². The van der Waals surface area contributed by atoms with Crippen LogP contribution in [-0.2, 0) is 10.0 Å². The van der Waals surface area contributed by atoms with Crippen LogP contribution in [0.5, 0.6) is 0 Å². The smallest absolute Gasteiger partial charge is 0.211 e. The van der Waals surface area contributed by atoms with Crippen molar-refractivity contribution < 1.29 is 8.42 Å². The van der Waals surface area contributed by atoms with Crippen molar-refractivity contribution in [3.05, 3.63) is 42.5 Å². The minimum atomic E-state index is -3.46. The van der Waals surface area contributed by atoms with Crippen LogP contribution in [-0.4, -0.2) is 15.0 Å². The van der Waals surface area contributed by atoms with Gasteiger partial charge in [-0.3, -0.25) is 0 Å². The third-order valence-corrected chi connectivity index (χ3v) is 6.00. The van der Waals surface area contributed by atoms with E-state index < -0.39 is 10.0 Å². The largest absolute Gasteiger partial charge is 0.241 e. The Morgan fingerprint density at radius 3 is 2.48 bits per heavy atom. The number of nitrogens with one attached hydrogen (secondary N) is 1. The molecule has 0 radical (unpaired) electrons. The van der Waals surface area contributed by atoms with Gasteiger partial charge in [-0.15, -0.1) is 0 Å². The van der Waals surface area contributed by atoms with Gasteiger partial charge in [0.2, 0.25) is 10.0 Å². The van der Waals surface area contributed by atoms with Crippen molar-refractivity contribution in [3.8, 4) is 0 Å². The minimum Gasteiger partial charge on any atom is -0.211 e. The molecule has 112 valence electrons. The summed E-state index contributed by atoms with van der Waals surface area (Å²) in [4.78, 5) is 0.377. The molecule has 0 atom stereocenters. The van der Waals surface area contributed by atoms with Crippen LogP contribution in [0.25, 0.3) is 10.8 Å². The van der Waals surface area contributed by atoms with Gasteiger partial charge in [0.1, 0.15) is 0 Å². The van der Waals surface area contributed by atoms with Crippen LogP contribution in [0.1, 0.15) is 32.6 Å². The number of sulfonamides is 1. The van der Waals surface area contributed by atoms with E-state index in [9.17, 15) is 8.42 Å². The van der Waals surface area contributed by atoms with Gasteiger partial charge in [0.25, 0.3) is 0 Å². The van der Waals surface area contributed by atoms with E-state index >= 15 is 0 Å². The van der Waals surface area contributed by atoms with E-state index in [1.165, 1.54) is 12.8 Å². The van der Waals surface area contributed by atoms with Crippen molar-refractivity contribution in [2.45, 2.75) is 37.5 Å². The molecule has 0 saturated heterocycles. The monoisotopic (exact) mass is 303 g/mol. The van der Waals surface area contributed by atoms with Gasteiger partial charge in [-0.25, -0.2) is 13.1 Å². The molecule has 3 rings (SSSR count). The maximum atomic E-state index is 12.6. The lowest BCUT2D eigenvalue weighted by Crippen LogP contribution is -2.34. The van der Waals surface area contributed by atoms with Crippen LogP contribution in [0.2, 0.25) is 0 Å². The molecule has 1 saturated carbocycles. The minimum absolute atomic E-state index is 0.109. The Kier molecular flexibility index (Phi) is 3.76. The zero-order valence-electron chi connectivity index (χ0n) is 12.3. The number of hydrogen-bond acceptors (Lipinski definition) is 2. The maximum Gasteiger partial charge on any atom is 0.241 e. The summed E-state index contributed by atoms with van der Waals surface area (Å²) in [7, 11) is -3.46. The van der Waals surface area contributed by atoms with Crippen LogP contribution in [0.3, 0.4) is 0 Å². The fraction of sp³-hybridized carbons (Fsp3) is 0.412. The fourth-order valence-electron chi connectivity index (χ4n) is 3.18. The van der Waals surface area contributed by atoms with Gasteiger partial charge in [0.15, 0.2) is 0 Å². The second kappa shape index (κ2) is 5.43. The van der Waals surface area contributed by atoms with Gasteiger partial charge in [0.05, 0.1) is 4.90 Å². The van der Waals surface area contributed by atoms with E-state index in [-0.39, 0.29) is 5.41 Å². The van der Waals surface area contributed by atoms with E-state index in [2.05, 4.69) is 11.6 Å². The standard InChI is InChI=1S/C17H21NO2S/c1-17(11-4-5-12-17)13-18-21(19,20)16-10-6-8-14-7-2-3-9-15(14)16/h2-3,6-10,18H,4-5,11-13H2,1H3. The summed E-state index contributed by atoms with van der Waals surface area (Å²) in [5.41, 5.74) is 0.109. The van der Waals surface area contributed by atoms with E-state index in [0.29, 0.717) is 11.4 Å². The Bertz CT molecular complexity index is 741. The molecule has 0 spiro atoms. The third kappa shape index (κ3) is 2.97. The average Bonchev–Trinajstić information content (AvgIpc) is 2.92. The average molecular weight is 303 g/mol. The predicted molar refractivity (Wildman–Crippen MR) is 85.7 cm³/mol. The summed E-state index contributed by atoms with van der Waals surface area (Å²) < 4.78 is 28.1. The Hall–Kier alpha value is -1.39. The maximum absolute atomic E-state index is 12.6. The molecule has 0 unspecified atom stereocenters. The topological polar surface area (TPSA) is 46.2 Å². The molecule has 1 aliphatic carbocycles. The first kappa shape index (κ1) is 14.5. The van der Waals surface area contributed by atoms with Gasteiger partial charge >= 0.3 is 0 Å². The molecule has 21 heavy (non-hydrogen) atoms. The molecule has 0 bridgehead atoms. The highest BCUT2D eigenvalue weighted by Gasteiger charge is 2.30. The zero-order valence-corrected chi connectivity index (χ0v) is 13.1. The Morgan fingerprint density at radius 1 is 1.05 bits per heavy atom. The van der Waals surface area contributed by atoms with Crippen molar-refractivity contribution in [1.29, 1.82) is 0 Å². The molecule has 1 fully saturated rings. The van der Waals surface area contributed by atoms with Crippen LogP contribution < -0.4 is 4.72 Å². The van der Waals surface area contributed by atoms with E-state index in [4.69, 9.17) is 0 Å². The van der Waals surface area contributed by atoms with E-state index in [1.54, 1.807) is 12.1 Å². The van der Waals surface area contributed by atoms with Crippen LogP contribution in [0, 0.1) is 5.41 Å². The highest BCUT2D eigenvalue weighted by atomic mass is 32.2. The quantitative estimate of drug-likeness (QED) is 0.936. The zero-order chi connectivity index (χ0) is 14.9. The Morgan fingerprint density at radius 2 is 1.71 bits per heavy atom. The first-order valence-corrected chi connectivity index (χ1v) is 8.96. The summed E-state index contributed by atoms with van der Waals surface area (Å²) in [6.45, 7) is 2.70. The Labute approximate surface area is 126 Å². The van der Waals surface area contributed by atoms with Gasteiger partial charge in [-0.05, 0) is 29.7 Å². The molecule has 0 aromatic heterocycles. The number of fused-ring (bicyclic) bond motifs is 1. The molecule has 0 amide bonds. The lowest BCUT2D eigenvalue weighted by molar-refractivity contribution is 0.336. The van der Waals surface area contributed by atoms with Crippen molar-refractivity contribution in [2.24, 2.45) is 5.41 Å². The lowest BCUT2D eigenvalue weighted by atomic mass is 9.89. The van der Waals surface area contributed by atoms with Gasteiger partial charge in [-0.2, -0.15) is 0 Å².